The minimum absolute atomic E-state index is 0.0593. The summed E-state index contributed by atoms with van der Waals surface area (Å²) in [6.07, 6.45) is -2.08. The molecule has 2 heterocycles. The molecule has 3 aromatic rings. The van der Waals surface area contributed by atoms with Gasteiger partial charge in [-0.25, -0.2) is 14.5 Å². The Kier molecular flexibility index (Phi) is 6.17. The van der Waals surface area contributed by atoms with Crippen LogP contribution in [-0.4, -0.2) is 40.7 Å². The van der Waals surface area contributed by atoms with Crippen molar-refractivity contribution in [3.63, 3.8) is 0 Å². The molecule has 2 aromatic carbocycles. The summed E-state index contributed by atoms with van der Waals surface area (Å²) in [6, 6.07) is 13.6. The van der Waals surface area contributed by atoms with Gasteiger partial charge in [-0.05, 0) is 42.5 Å². The summed E-state index contributed by atoms with van der Waals surface area (Å²) >= 11 is 0. The van der Waals surface area contributed by atoms with Crippen molar-refractivity contribution in [3.05, 3.63) is 84.2 Å². The first-order chi connectivity index (χ1) is 16.2. The number of esters is 1. The second-order valence-corrected chi connectivity index (χ2v) is 7.15. The van der Waals surface area contributed by atoms with Crippen LogP contribution in [-0.2, 0) is 11.3 Å². The number of ether oxygens (including phenoxy) is 2. The van der Waals surface area contributed by atoms with Crippen molar-refractivity contribution in [1.82, 2.24) is 9.88 Å². The molecule has 34 heavy (non-hydrogen) atoms. The number of hydrogen-bond acceptors (Lipinski definition) is 6. The molecule has 4 rings (SSSR count). The van der Waals surface area contributed by atoms with E-state index < -0.39 is 30.0 Å². The Morgan fingerprint density at radius 3 is 2.38 bits per heavy atom. The van der Waals surface area contributed by atoms with Crippen LogP contribution >= 0.6 is 0 Å². The van der Waals surface area contributed by atoms with E-state index in [9.17, 15) is 27.6 Å². The lowest BCUT2D eigenvalue weighted by Crippen LogP contribution is -2.32. The maximum Gasteiger partial charge on any atom is 0.573 e. The molecule has 8 nitrogen and oxygen atoms in total. The summed E-state index contributed by atoms with van der Waals surface area (Å²) in [5, 5.41) is 0. The maximum absolute atomic E-state index is 12.9. The van der Waals surface area contributed by atoms with Gasteiger partial charge in [0, 0.05) is 11.8 Å². The second kappa shape index (κ2) is 9.22. The fraction of sp³-hybridized carbons (Fsp3) is 0.130. The average Bonchev–Trinajstić information content (AvgIpc) is 3.08. The number of nitrogens with zero attached hydrogens (tertiary/aromatic N) is 3. The van der Waals surface area contributed by atoms with Crippen LogP contribution in [0.1, 0.15) is 15.9 Å². The highest BCUT2D eigenvalue weighted by atomic mass is 19.4. The molecule has 1 aliphatic heterocycles. The van der Waals surface area contributed by atoms with Crippen molar-refractivity contribution in [2.75, 3.05) is 11.4 Å². The molecule has 0 N–H and O–H groups in total. The van der Waals surface area contributed by atoms with Crippen molar-refractivity contribution in [2.45, 2.75) is 12.9 Å². The minimum Gasteiger partial charge on any atom is -0.421 e. The third-order valence-electron chi connectivity index (χ3n) is 4.81. The zero-order valence-corrected chi connectivity index (χ0v) is 17.4. The van der Waals surface area contributed by atoms with Crippen LogP contribution in [0.5, 0.6) is 11.5 Å². The number of pyridine rings is 1. The highest BCUT2D eigenvalue weighted by molar-refractivity contribution is 6.19. The number of carbonyl (C=O) groups excluding carboxylic acids is 3. The number of alkyl halides is 3. The molecule has 0 aliphatic carbocycles. The average molecular weight is 471 g/mol. The molecule has 0 saturated carbocycles. The fourth-order valence-corrected chi connectivity index (χ4v) is 3.29. The Labute approximate surface area is 191 Å². The monoisotopic (exact) mass is 471 g/mol. The topological polar surface area (TPSA) is 89.0 Å². The number of hydrogen-bond donors (Lipinski definition) is 0. The maximum atomic E-state index is 12.9. The molecular weight excluding hydrogens is 455 g/mol. The number of urea groups is 1. The normalized spacial score (nSPS) is 13.9. The van der Waals surface area contributed by atoms with Gasteiger partial charge in [0.2, 0.25) is 0 Å². The molecule has 1 aromatic heterocycles. The van der Waals surface area contributed by atoms with E-state index in [4.69, 9.17) is 4.74 Å². The van der Waals surface area contributed by atoms with Crippen LogP contribution in [0.15, 0.2) is 73.1 Å². The predicted molar refractivity (Wildman–Crippen MR) is 112 cm³/mol. The quantitative estimate of drug-likeness (QED) is 0.396. The summed E-state index contributed by atoms with van der Waals surface area (Å²) in [6.45, 7) is -0.329. The first-order valence-corrected chi connectivity index (χ1v) is 9.89. The molecule has 0 radical (unpaired) electrons. The SMILES string of the molecule is O=C(Oc1cnccc1CN1CC(=O)N(c2ccc(OC(F)(F)F)cc2)C1=O)c1ccccc1. The van der Waals surface area contributed by atoms with Crippen molar-refractivity contribution >= 4 is 23.6 Å². The van der Waals surface area contributed by atoms with Gasteiger partial charge >= 0.3 is 18.4 Å². The zero-order valence-electron chi connectivity index (χ0n) is 17.4. The van der Waals surface area contributed by atoms with E-state index >= 15 is 0 Å². The zero-order chi connectivity index (χ0) is 24.3. The van der Waals surface area contributed by atoms with Crippen LogP contribution in [0.25, 0.3) is 0 Å². The van der Waals surface area contributed by atoms with Crippen molar-refractivity contribution in [2.24, 2.45) is 0 Å². The predicted octanol–water partition coefficient (Wildman–Crippen LogP) is 4.17. The van der Waals surface area contributed by atoms with Crippen LogP contribution in [0.4, 0.5) is 23.7 Å². The van der Waals surface area contributed by atoms with Gasteiger partial charge in [0.25, 0.3) is 5.91 Å². The van der Waals surface area contributed by atoms with E-state index in [1.165, 1.54) is 29.4 Å². The second-order valence-electron chi connectivity index (χ2n) is 7.15. The molecule has 3 amide bonds. The smallest absolute Gasteiger partial charge is 0.421 e. The van der Waals surface area contributed by atoms with Gasteiger partial charge < -0.3 is 14.4 Å². The van der Waals surface area contributed by atoms with Gasteiger partial charge in [-0.2, -0.15) is 0 Å². The number of rotatable bonds is 6. The van der Waals surface area contributed by atoms with E-state index in [2.05, 4.69) is 9.72 Å². The lowest BCUT2D eigenvalue weighted by atomic mass is 10.2. The van der Waals surface area contributed by atoms with Crippen LogP contribution in [0.2, 0.25) is 0 Å². The molecule has 1 fully saturated rings. The Hall–Kier alpha value is -4.41. The number of aromatic nitrogens is 1. The van der Waals surface area contributed by atoms with E-state index in [0.29, 0.717) is 11.1 Å². The Morgan fingerprint density at radius 1 is 1.00 bits per heavy atom. The standard InChI is InChI=1S/C23H16F3N3O5/c24-23(25,26)34-18-8-6-17(7-9-18)29-20(30)14-28(22(29)32)13-16-10-11-27-12-19(16)33-21(31)15-4-2-1-3-5-15/h1-12H,13-14H2. The molecule has 1 saturated heterocycles. The number of halogens is 3. The molecule has 174 valence electrons. The highest BCUT2D eigenvalue weighted by Crippen LogP contribution is 2.29. The third kappa shape index (κ3) is 5.14. The lowest BCUT2D eigenvalue weighted by molar-refractivity contribution is -0.274. The molecule has 0 atom stereocenters. The fourth-order valence-electron chi connectivity index (χ4n) is 3.29. The molecular formula is C23H16F3N3O5. The van der Waals surface area contributed by atoms with Crippen molar-refractivity contribution in [1.29, 1.82) is 0 Å². The van der Waals surface area contributed by atoms with Gasteiger partial charge in [-0.15, -0.1) is 13.2 Å². The van der Waals surface area contributed by atoms with E-state index in [0.717, 1.165) is 17.0 Å². The molecule has 0 spiro atoms. The Bertz CT molecular complexity index is 1220. The van der Waals surface area contributed by atoms with Crippen molar-refractivity contribution in [3.8, 4) is 11.5 Å². The Balaban J connectivity index is 1.48. The van der Waals surface area contributed by atoms with E-state index in [1.54, 1.807) is 36.4 Å². The minimum atomic E-state index is -4.86. The largest absolute Gasteiger partial charge is 0.573 e. The van der Waals surface area contributed by atoms with Gasteiger partial charge in [0.15, 0.2) is 5.75 Å². The summed E-state index contributed by atoms with van der Waals surface area (Å²) in [4.78, 5) is 43.8. The van der Waals surface area contributed by atoms with Gasteiger partial charge in [0.05, 0.1) is 24.0 Å². The summed E-state index contributed by atoms with van der Waals surface area (Å²) in [5.41, 5.74) is 0.863. The third-order valence-corrected chi connectivity index (χ3v) is 4.81. The van der Waals surface area contributed by atoms with Gasteiger partial charge in [-0.1, -0.05) is 18.2 Å². The van der Waals surface area contributed by atoms with Crippen LogP contribution in [0.3, 0.4) is 0 Å². The van der Waals surface area contributed by atoms with Crippen LogP contribution in [0, 0.1) is 0 Å². The first-order valence-electron chi connectivity index (χ1n) is 9.89. The molecule has 0 unspecified atom stereocenters. The number of benzene rings is 2. The number of amides is 3. The molecule has 11 heteroatoms. The summed E-state index contributed by atoms with van der Waals surface area (Å²) < 4.78 is 46.3. The van der Waals surface area contributed by atoms with Crippen molar-refractivity contribution < 1.29 is 37.0 Å². The molecule has 0 bridgehead atoms. The van der Waals surface area contributed by atoms with Gasteiger partial charge in [-0.3, -0.25) is 9.78 Å². The van der Waals surface area contributed by atoms with Crippen LogP contribution < -0.4 is 14.4 Å². The number of carbonyl (C=O) groups is 3. The highest BCUT2D eigenvalue weighted by Gasteiger charge is 2.38. The van der Waals surface area contributed by atoms with E-state index in [1.807, 2.05) is 0 Å². The summed E-state index contributed by atoms with van der Waals surface area (Å²) in [5.74, 6) is -1.52. The molecule has 1 aliphatic rings. The lowest BCUT2D eigenvalue weighted by Gasteiger charge is -2.18. The first kappa shape index (κ1) is 22.8. The Morgan fingerprint density at radius 2 is 1.71 bits per heavy atom. The number of anilines is 1. The number of imide groups is 1. The summed E-state index contributed by atoms with van der Waals surface area (Å²) in [7, 11) is 0. The van der Waals surface area contributed by atoms with E-state index in [-0.39, 0.29) is 24.5 Å². The van der Waals surface area contributed by atoms with Gasteiger partial charge in [0.1, 0.15) is 12.3 Å².